The first kappa shape index (κ1) is 19.0. The summed E-state index contributed by atoms with van der Waals surface area (Å²) in [5, 5.41) is 21.3. The smallest absolute Gasteiger partial charge is 0.126 e. The summed E-state index contributed by atoms with van der Waals surface area (Å²) in [5.41, 5.74) is 3.96. The predicted molar refractivity (Wildman–Crippen MR) is 108 cm³/mol. The van der Waals surface area contributed by atoms with Gasteiger partial charge in [0.25, 0.3) is 0 Å². The first-order valence-corrected chi connectivity index (χ1v) is 10.7. The summed E-state index contributed by atoms with van der Waals surface area (Å²) in [6.45, 7) is 2.23. The van der Waals surface area contributed by atoms with Crippen LogP contribution in [0.2, 0.25) is 0 Å². The second kappa shape index (κ2) is 7.38. The van der Waals surface area contributed by atoms with E-state index in [-0.39, 0.29) is 5.82 Å². The van der Waals surface area contributed by atoms with Gasteiger partial charge in [-0.2, -0.15) is 0 Å². The molecule has 1 spiro atoms. The van der Waals surface area contributed by atoms with Gasteiger partial charge < -0.3 is 19.8 Å². The van der Waals surface area contributed by atoms with E-state index in [2.05, 4.69) is 23.1 Å². The monoisotopic (exact) mass is 397 g/mol. The van der Waals surface area contributed by atoms with Gasteiger partial charge in [-0.3, -0.25) is 0 Å². The molecule has 0 amide bonds. The van der Waals surface area contributed by atoms with Gasteiger partial charge in [0.2, 0.25) is 0 Å². The van der Waals surface area contributed by atoms with Crippen molar-refractivity contribution in [2.24, 2.45) is 0 Å². The minimum Gasteiger partial charge on any atom is -0.487 e. The Kier molecular flexibility index (Phi) is 4.85. The third kappa shape index (κ3) is 3.67. The van der Waals surface area contributed by atoms with E-state index >= 15 is 0 Å². The number of benzene rings is 2. The molecule has 2 heterocycles. The molecule has 154 valence electrons. The Morgan fingerprint density at radius 3 is 2.72 bits per heavy atom. The highest BCUT2D eigenvalue weighted by Gasteiger charge is 2.43. The lowest BCUT2D eigenvalue weighted by Gasteiger charge is -2.46. The maximum atomic E-state index is 13.5. The van der Waals surface area contributed by atoms with E-state index in [9.17, 15) is 14.6 Å². The minimum atomic E-state index is -0.696. The third-order valence-electron chi connectivity index (χ3n) is 6.93. The first-order chi connectivity index (χ1) is 14.0. The molecule has 2 aromatic carbocycles. The molecule has 0 bridgehead atoms. The van der Waals surface area contributed by atoms with Crippen molar-refractivity contribution in [1.82, 2.24) is 4.90 Å². The van der Waals surface area contributed by atoms with Crippen LogP contribution in [0.4, 0.5) is 4.39 Å². The van der Waals surface area contributed by atoms with Crippen molar-refractivity contribution in [2.75, 3.05) is 19.6 Å². The van der Waals surface area contributed by atoms with Gasteiger partial charge in [0.15, 0.2) is 0 Å². The number of β-amino-alcohol motifs (C(OH)–C–C–N with tert-alkyl or cyclic N) is 1. The van der Waals surface area contributed by atoms with Crippen LogP contribution in [0.25, 0.3) is 0 Å². The number of rotatable bonds is 3. The molecule has 0 unspecified atom stereocenters. The third-order valence-corrected chi connectivity index (χ3v) is 6.93. The van der Waals surface area contributed by atoms with Crippen molar-refractivity contribution < 1.29 is 19.3 Å². The van der Waals surface area contributed by atoms with E-state index in [4.69, 9.17) is 4.74 Å². The number of halogens is 1. The average molecular weight is 397 g/mol. The molecule has 2 atom stereocenters. The zero-order valence-electron chi connectivity index (χ0n) is 16.6. The molecule has 1 saturated heterocycles. The molecule has 1 aliphatic carbocycles. The number of likely N-dealkylation sites (tertiary alicyclic amines) is 1. The fraction of sp³-hybridized carbons (Fsp3) is 0.500. The van der Waals surface area contributed by atoms with Crippen LogP contribution in [-0.4, -0.2) is 40.3 Å². The van der Waals surface area contributed by atoms with Crippen LogP contribution in [0, 0.1) is 5.82 Å². The molecule has 2 N–H and O–H groups in total. The first-order valence-electron chi connectivity index (χ1n) is 10.7. The van der Waals surface area contributed by atoms with Crippen molar-refractivity contribution in [1.29, 1.82) is 0 Å². The molecule has 3 aliphatic rings. The van der Waals surface area contributed by atoms with Gasteiger partial charge in [0.05, 0.1) is 12.2 Å². The summed E-state index contributed by atoms with van der Waals surface area (Å²) in [6, 6.07) is 10.8. The summed E-state index contributed by atoms with van der Waals surface area (Å²) in [5.74, 6) is 0.245. The molecule has 1 fully saturated rings. The number of aryl methyl sites for hydroxylation is 2. The number of ether oxygens (including phenoxy) is 1. The molecule has 0 radical (unpaired) electrons. The second-order valence-corrected chi connectivity index (χ2v) is 8.89. The van der Waals surface area contributed by atoms with Crippen LogP contribution in [0.5, 0.6) is 5.75 Å². The normalized spacial score (nSPS) is 24.0. The van der Waals surface area contributed by atoms with Gasteiger partial charge >= 0.3 is 0 Å². The van der Waals surface area contributed by atoms with Crippen LogP contribution < -0.4 is 4.74 Å². The summed E-state index contributed by atoms with van der Waals surface area (Å²) in [7, 11) is 0. The molecule has 0 saturated carbocycles. The molecule has 5 rings (SSSR count). The summed E-state index contributed by atoms with van der Waals surface area (Å²) < 4.78 is 19.7. The lowest BCUT2D eigenvalue weighted by atomic mass is 9.81. The number of piperidine rings is 1. The van der Waals surface area contributed by atoms with Crippen molar-refractivity contribution >= 4 is 0 Å². The van der Waals surface area contributed by atoms with Crippen LogP contribution >= 0.6 is 0 Å². The van der Waals surface area contributed by atoms with Crippen LogP contribution in [0.1, 0.15) is 60.1 Å². The summed E-state index contributed by atoms with van der Waals surface area (Å²) >= 11 is 0. The summed E-state index contributed by atoms with van der Waals surface area (Å²) in [6.07, 6.45) is 4.37. The fourth-order valence-electron chi connectivity index (χ4n) is 5.21. The van der Waals surface area contributed by atoms with Crippen LogP contribution in [0.15, 0.2) is 36.4 Å². The molecular formula is C24H28FNO3. The summed E-state index contributed by atoms with van der Waals surface area (Å²) in [4.78, 5) is 2.28. The van der Waals surface area contributed by atoms with Crippen LogP contribution in [0.3, 0.4) is 0 Å². The van der Waals surface area contributed by atoms with Crippen LogP contribution in [-0.2, 0) is 12.8 Å². The standard InChI is InChI=1S/C24H28FNO3/c25-19-6-7-23-20(13-19)21(27)14-24(29-23)8-10-26(11-9-24)15-22(28)18-5-4-16-2-1-3-17(16)12-18/h4-7,12-13,21-22,27-28H,1-3,8-11,14-15H2/t21-,22+/m1/s1. The molecule has 5 heteroatoms. The van der Waals surface area contributed by atoms with E-state index in [1.54, 1.807) is 6.07 Å². The second-order valence-electron chi connectivity index (χ2n) is 8.89. The number of aliphatic hydroxyl groups is 2. The maximum absolute atomic E-state index is 13.5. The number of aliphatic hydroxyl groups excluding tert-OH is 2. The molecule has 2 aliphatic heterocycles. The highest BCUT2D eigenvalue weighted by Crippen LogP contribution is 2.44. The zero-order chi connectivity index (χ0) is 20.0. The van der Waals surface area contributed by atoms with Crippen molar-refractivity contribution in [3.05, 3.63) is 64.5 Å². The Labute approximate surface area is 170 Å². The molecule has 4 nitrogen and oxygen atoms in total. The SMILES string of the molecule is O[C@@H]1CC2(CCN(C[C@H](O)c3ccc4c(c3)CCC4)CC2)Oc2ccc(F)cc21. The number of hydrogen-bond acceptors (Lipinski definition) is 4. The van der Waals surface area contributed by atoms with E-state index in [1.165, 1.54) is 29.7 Å². The van der Waals surface area contributed by atoms with E-state index < -0.39 is 17.8 Å². The van der Waals surface area contributed by atoms with Gasteiger partial charge in [0.1, 0.15) is 17.2 Å². The van der Waals surface area contributed by atoms with Gasteiger partial charge in [-0.1, -0.05) is 18.2 Å². The Balaban J connectivity index is 1.22. The quantitative estimate of drug-likeness (QED) is 0.829. The maximum Gasteiger partial charge on any atom is 0.126 e. The van der Waals surface area contributed by atoms with Gasteiger partial charge in [-0.05, 0) is 67.0 Å². The Morgan fingerprint density at radius 1 is 1.10 bits per heavy atom. The largest absolute Gasteiger partial charge is 0.487 e. The predicted octanol–water partition coefficient (Wildman–Crippen LogP) is 3.70. The Morgan fingerprint density at radius 2 is 1.90 bits per heavy atom. The van der Waals surface area contributed by atoms with E-state index in [0.717, 1.165) is 44.3 Å². The molecule has 2 aromatic rings. The highest BCUT2D eigenvalue weighted by molar-refractivity contribution is 5.39. The lowest BCUT2D eigenvalue weighted by molar-refractivity contribution is -0.0589. The molecular weight excluding hydrogens is 369 g/mol. The number of nitrogens with zero attached hydrogens (tertiary/aromatic N) is 1. The number of fused-ring (bicyclic) bond motifs is 2. The fourth-order valence-corrected chi connectivity index (χ4v) is 5.21. The Hall–Kier alpha value is -1.95. The molecule has 0 aromatic heterocycles. The van der Waals surface area contributed by atoms with Gasteiger partial charge in [-0.25, -0.2) is 4.39 Å². The highest BCUT2D eigenvalue weighted by atomic mass is 19.1. The lowest BCUT2D eigenvalue weighted by Crippen LogP contribution is -2.51. The topological polar surface area (TPSA) is 52.9 Å². The minimum absolute atomic E-state index is 0.349. The van der Waals surface area contributed by atoms with Crippen molar-refractivity contribution in [3.8, 4) is 5.75 Å². The average Bonchev–Trinajstić information content (AvgIpc) is 3.18. The zero-order valence-corrected chi connectivity index (χ0v) is 16.6. The number of hydrogen-bond donors (Lipinski definition) is 2. The molecule has 29 heavy (non-hydrogen) atoms. The van der Waals surface area contributed by atoms with Crippen molar-refractivity contribution in [2.45, 2.75) is 56.3 Å². The van der Waals surface area contributed by atoms with Gasteiger partial charge in [0, 0.05) is 31.6 Å². The Bertz CT molecular complexity index is 907. The van der Waals surface area contributed by atoms with E-state index in [0.29, 0.717) is 24.3 Å². The van der Waals surface area contributed by atoms with Crippen molar-refractivity contribution in [3.63, 3.8) is 0 Å². The van der Waals surface area contributed by atoms with E-state index in [1.807, 2.05) is 0 Å². The van der Waals surface area contributed by atoms with Gasteiger partial charge in [-0.15, -0.1) is 0 Å².